The van der Waals surface area contributed by atoms with Crippen LogP contribution in [0.25, 0.3) is 27.0 Å². The van der Waals surface area contributed by atoms with Crippen molar-refractivity contribution in [2.24, 2.45) is 7.05 Å². The molecule has 0 aliphatic rings. The van der Waals surface area contributed by atoms with Gasteiger partial charge in [-0.1, -0.05) is 12.1 Å². The van der Waals surface area contributed by atoms with Crippen LogP contribution in [0.1, 0.15) is 5.69 Å². The van der Waals surface area contributed by atoms with E-state index in [0.717, 1.165) is 23.3 Å². The summed E-state index contributed by atoms with van der Waals surface area (Å²) in [6.45, 7) is 0. The van der Waals surface area contributed by atoms with Gasteiger partial charge in [0.25, 0.3) is 5.56 Å². The zero-order chi connectivity index (χ0) is 20.9. The Balaban J connectivity index is 1.96. The second-order valence-corrected chi connectivity index (χ2v) is 7.08. The molecule has 0 fully saturated rings. The Morgan fingerprint density at radius 1 is 1.07 bits per heavy atom. The fourth-order valence-electron chi connectivity index (χ4n) is 3.07. The van der Waals surface area contributed by atoms with E-state index in [-0.39, 0.29) is 11.4 Å². The van der Waals surface area contributed by atoms with Crippen LogP contribution < -0.4 is 11.2 Å². The maximum Gasteiger partial charge on any atom is 0.431 e. The zero-order valence-corrected chi connectivity index (χ0v) is 15.6. The molecule has 10 heteroatoms. The first-order valence-electron chi connectivity index (χ1n) is 8.27. The van der Waals surface area contributed by atoms with Crippen LogP contribution in [0.4, 0.5) is 13.2 Å². The molecule has 29 heavy (non-hydrogen) atoms. The van der Waals surface area contributed by atoms with E-state index in [1.807, 2.05) is 0 Å². The van der Waals surface area contributed by atoms with Gasteiger partial charge in [0.15, 0.2) is 0 Å². The fourth-order valence-corrected chi connectivity index (χ4v) is 3.84. The summed E-state index contributed by atoms with van der Waals surface area (Å²) >= 11 is 1.16. The second kappa shape index (κ2) is 6.59. The van der Waals surface area contributed by atoms with E-state index in [4.69, 9.17) is 0 Å². The van der Waals surface area contributed by atoms with E-state index < -0.39 is 23.1 Å². The standard InChI is InChI=1S/C19H12F3N3O3S/c1-24-15(19(20,21)22)9-16(27)25(18(24)28)10-6-7-14-12(8-10)17(23-29-14)11-4-2-3-5-13(11)26/h2-9,26H,1H3. The summed E-state index contributed by atoms with van der Waals surface area (Å²) in [4.78, 5) is 24.9. The molecule has 0 spiro atoms. The lowest BCUT2D eigenvalue weighted by molar-refractivity contribution is -0.144. The molecule has 0 saturated heterocycles. The number of alkyl halides is 3. The predicted molar refractivity (Wildman–Crippen MR) is 103 cm³/mol. The van der Waals surface area contributed by atoms with Crippen LogP contribution in [0, 0.1) is 0 Å². The fraction of sp³-hybridized carbons (Fsp3) is 0.105. The second-order valence-electron chi connectivity index (χ2n) is 6.27. The van der Waals surface area contributed by atoms with Crippen molar-refractivity contribution in [1.82, 2.24) is 13.5 Å². The number of rotatable bonds is 2. The molecule has 148 valence electrons. The van der Waals surface area contributed by atoms with Crippen LogP contribution in [0.3, 0.4) is 0 Å². The molecular weight excluding hydrogens is 407 g/mol. The average molecular weight is 419 g/mol. The van der Waals surface area contributed by atoms with Crippen molar-refractivity contribution in [2.75, 3.05) is 0 Å². The highest BCUT2D eigenvalue weighted by atomic mass is 32.1. The number of para-hydroxylation sites is 1. The average Bonchev–Trinajstić information content (AvgIpc) is 3.07. The number of phenolic OH excluding ortho intramolecular Hbond substituents is 1. The van der Waals surface area contributed by atoms with Crippen molar-refractivity contribution in [1.29, 1.82) is 0 Å². The highest BCUT2D eigenvalue weighted by Gasteiger charge is 2.35. The highest BCUT2D eigenvalue weighted by Crippen LogP contribution is 2.36. The van der Waals surface area contributed by atoms with Gasteiger partial charge in [0.05, 0.1) is 16.1 Å². The van der Waals surface area contributed by atoms with Gasteiger partial charge in [-0.3, -0.25) is 9.36 Å². The SMILES string of the molecule is Cn1c(C(F)(F)F)cc(=O)n(-c2ccc3snc(-c4ccccc4O)c3c2)c1=O. The summed E-state index contributed by atoms with van der Waals surface area (Å²) in [5, 5.41) is 10.7. The van der Waals surface area contributed by atoms with Crippen LogP contribution >= 0.6 is 11.5 Å². The minimum Gasteiger partial charge on any atom is -0.507 e. The Kier molecular flexibility index (Phi) is 4.30. The first-order valence-corrected chi connectivity index (χ1v) is 9.04. The van der Waals surface area contributed by atoms with Crippen LogP contribution in [0.5, 0.6) is 5.75 Å². The van der Waals surface area contributed by atoms with Gasteiger partial charge in [-0.15, -0.1) is 0 Å². The third-order valence-corrected chi connectivity index (χ3v) is 5.31. The van der Waals surface area contributed by atoms with Gasteiger partial charge < -0.3 is 5.11 Å². The lowest BCUT2D eigenvalue weighted by atomic mass is 10.1. The van der Waals surface area contributed by atoms with E-state index >= 15 is 0 Å². The van der Waals surface area contributed by atoms with Gasteiger partial charge in [0.1, 0.15) is 11.4 Å². The molecule has 0 unspecified atom stereocenters. The normalized spacial score (nSPS) is 11.9. The molecule has 4 rings (SSSR count). The monoisotopic (exact) mass is 419 g/mol. The van der Waals surface area contributed by atoms with Crippen LogP contribution in [0.15, 0.2) is 58.1 Å². The number of aromatic nitrogens is 3. The molecule has 2 aromatic heterocycles. The zero-order valence-electron chi connectivity index (χ0n) is 14.8. The molecule has 0 radical (unpaired) electrons. The van der Waals surface area contributed by atoms with Gasteiger partial charge in [-0.25, -0.2) is 9.36 Å². The minimum absolute atomic E-state index is 0.00714. The van der Waals surface area contributed by atoms with E-state index in [0.29, 0.717) is 31.8 Å². The van der Waals surface area contributed by atoms with Crippen LogP contribution in [-0.2, 0) is 13.2 Å². The number of hydrogen-bond acceptors (Lipinski definition) is 5. The summed E-state index contributed by atoms with van der Waals surface area (Å²) in [5.41, 5.74) is -2.51. The number of halogens is 3. The molecule has 2 aromatic carbocycles. The maximum atomic E-state index is 13.0. The Labute approximate surface area is 164 Å². The number of phenols is 1. The van der Waals surface area contributed by atoms with Crippen molar-refractivity contribution in [2.45, 2.75) is 6.18 Å². The molecule has 6 nitrogen and oxygen atoms in total. The molecule has 0 aliphatic carbocycles. The minimum atomic E-state index is -4.83. The van der Waals surface area contributed by atoms with E-state index in [1.165, 1.54) is 18.2 Å². The summed E-state index contributed by atoms with van der Waals surface area (Å²) in [7, 11) is 0.958. The largest absolute Gasteiger partial charge is 0.507 e. The molecule has 0 aliphatic heterocycles. The molecule has 1 N–H and O–H groups in total. The van der Waals surface area contributed by atoms with Gasteiger partial charge in [0.2, 0.25) is 0 Å². The number of fused-ring (bicyclic) bond motifs is 1. The molecule has 0 bridgehead atoms. The Hall–Kier alpha value is -3.40. The molecule has 4 aromatic rings. The highest BCUT2D eigenvalue weighted by molar-refractivity contribution is 7.13. The lowest BCUT2D eigenvalue weighted by Crippen LogP contribution is -2.40. The molecule has 0 amide bonds. The third kappa shape index (κ3) is 3.11. The number of nitrogens with zero attached hydrogens (tertiary/aromatic N) is 3. The first-order chi connectivity index (χ1) is 13.7. The Morgan fingerprint density at radius 3 is 2.48 bits per heavy atom. The summed E-state index contributed by atoms with van der Waals surface area (Å²) < 4.78 is 45.3. The topological polar surface area (TPSA) is 77.1 Å². The maximum absolute atomic E-state index is 13.0. The molecule has 0 saturated carbocycles. The Bertz CT molecular complexity index is 1370. The third-order valence-electron chi connectivity index (χ3n) is 4.48. The first kappa shape index (κ1) is 18.9. The number of benzene rings is 2. The summed E-state index contributed by atoms with van der Waals surface area (Å²) in [6, 6.07) is 11.5. The van der Waals surface area contributed by atoms with Crippen molar-refractivity contribution in [3.63, 3.8) is 0 Å². The van der Waals surface area contributed by atoms with Crippen molar-refractivity contribution >= 4 is 21.6 Å². The van der Waals surface area contributed by atoms with Crippen LogP contribution in [-0.4, -0.2) is 18.6 Å². The molecular formula is C19H12F3N3O3S. The van der Waals surface area contributed by atoms with Crippen LogP contribution in [0.2, 0.25) is 0 Å². The number of aromatic hydroxyl groups is 1. The smallest absolute Gasteiger partial charge is 0.431 e. The summed E-state index contributed by atoms with van der Waals surface area (Å²) in [5.74, 6) is 0.00714. The van der Waals surface area contributed by atoms with Gasteiger partial charge in [-0.05, 0) is 41.9 Å². The van der Waals surface area contributed by atoms with E-state index in [2.05, 4.69) is 4.37 Å². The predicted octanol–water partition coefficient (Wildman–Crippen LogP) is 3.54. The van der Waals surface area contributed by atoms with Gasteiger partial charge in [0, 0.05) is 24.1 Å². The summed E-state index contributed by atoms with van der Waals surface area (Å²) in [6.07, 6.45) is -4.83. The van der Waals surface area contributed by atoms with E-state index in [9.17, 15) is 27.9 Å². The lowest BCUT2D eigenvalue weighted by Gasteiger charge is -2.14. The Morgan fingerprint density at radius 2 is 1.79 bits per heavy atom. The number of hydrogen-bond donors (Lipinski definition) is 1. The van der Waals surface area contributed by atoms with Crippen molar-refractivity contribution < 1.29 is 18.3 Å². The molecule has 2 heterocycles. The van der Waals surface area contributed by atoms with Crippen molar-refractivity contribution in [3.8, 4) is 22.7 Å². The van der Waals surface area contributed by atoms with Gasteiger partial charge >= 0.3 is 11.9 Å². The quantitative estimate of drug-likeness (QED) is 0.539. The molecule has 0 atom stereocenters. The van der Waals surface area contributed by atoms with E-state index in [1.54, 1.807) is 24.3 Å². The van der Waals surface area contributed by atoms with Crippen molar-refractivity contribution in [3.05, 3.63) is 75.1 Å². The van der Waals surface area contributed by atoms with Gasteiger partial charge in [-0.2, -0.15) is 17.5 Å².